The summed E-state index contributed by atoms with van der Waals surface area (Å²) in [5, 5.41) is 10.0. The molecular formula is C24H22FN5O. The van der Waals surface area contributed by atoms with Gasteiger partial charge < -0.3 is 16.0 Å². The SMILES string of the molecule is CNc1nc(NCc2ccc(NC(=O)c3ccccc3F)cc2)c2cc(C)ccc2n1. The summed E-state index contributed by atoms with van der Waals surface area (Å²) in [5.41, 5.74) is 3.61. The molecule has 156 valence electrons. The van der Waals surface area contributed by atoms with Crippen LogP contribution in [0.4, 0.5) is 21.8 Å². The fourth-order valence-electron chi connectivity index (χ4n) is 3.22. The lowest BCUT2D eigenvalue weighted by molar-refractivity contribution is 0.102. The van der Waals surface area contributed by atoms with Gasteiger partial charge in [0.1, 0.15) is 11.6 Å². The maximum Gasteiger partial charge on any atom is 0.258 e. The van der Waals surface area contributed by atoms with Crippen molar-refractivity contribution in [1.29, 1.82) is 0 Å². The molecule has 7 heteroatoms. The van der Waals surface area contributed by atoms with Gasteiger partial charge in [-0.3, -0.25) is 4.79 Å². The van der Waals surface area contributed by atoms with Crippen LogP contribution in [0.25, 0.3) is 10.9 Å². The summed E-state index contributed by atoms with van der Waals surface area (Å²) in [4.78, 5) is 21.3. The molecule has 31 heavy (non-hydrogen) atoms. The standard InChI is InChI=1S/C24H22FN5O/c1-15-7-12-21-19(13-15)22(30-24(26-2)29-21)27-14-16-8-10-17(11-9-16)28-23(31)18-5-3-4-6-20(18)25/h3-13H,14H2,1-2H3,(H,28,31)(H2,26,27,29,30). The third-order valence-electron chi connectivity index (χ3n) is 4.87. The van der Waals surface area contributed by atoms with Crippen molar-refractivity contribution in [3.63, 3.8) is 0 Å². The molecule has 1 aromatic heterocycles. The van der Waals surface area contributed by atoms with Crippen LogP contribution in [0, 0.1) is 12.7 Å². The minimum atomic E-state index is -0.547. The molecule has 4 rings (SSSR count). The highest BCUT2D eigenvalue weighted by Gasteiger charge is 2.11. The van der Waals surface area contributed by atoms with Gasteiger partial charge >= 0.3 is 0 Å². The molecule has 0 aliphatic heterocycles. The van der Waals surface area contributed by atoms with Crippen LogP contribution in [0.2, 0.25) is 0 Å². The second kappa shape index (κ2) is 8.79. The monoisotopic (exact) mass is 415 g/mol. The first-order valence-corrected chi connectivity index (χ1v) is 9.88. The highest BCUT2D eigenvalue weighted by atomic mass is 19.1. The number of benzene rings is 3. The molecule has 0 bridgehead atoms. The van der Waals surface area contributed by atoms with Gasteiger partial charge in [-0.05, 0) is 48.9 Å². The van der Waals surface area contributed by atoms with Crippen LogP contribution in [-0.2, 0) is 6.54 Å². The van der Waals surface area contributed by atoms with Gasteiger partial charge in [0, 0.05) is 24.7 Å². The number of nitrogens with zero attached hydrogens (tertiary/aromatic N) is 2. The first-order valence-electron chi connectivity index (χ1n) is 9.88. The molecular weight excluding hydrogens is 393 g/mol. The highest BCUT2D eigenvalue weighted by molar-refractivity contribution is 6.04. The first-order chi connectivity index (χ1) is 15.0. The first kappa shape index (κ1) is 20.3. The molecule has 0 atom stereocenters. The highest BCUT2D eigenvalue weighted by Crippen LogP contribution is 2.24. The van der Waals surface area contributed by atoms with E-state index in [4.69, 9.17) is 0 Å². The number of carbonyl (C=O) groups excluding carboxylic acids is 1. The predicted octanol–water partition coefficient (Wildman–Crippen LogP) is 4.98. The Kier molecular flexibility index (Phi) is 5.75. The molecule has 0 saturated heterocycles. The number of rotatable bonds is 6. The number of hydrogen-bond acceptors (Lipinski definition) is 5. The molecule has 0 fully saturated rings. The second-order valence-corrected chi connectivity index (χ2v) is 7.15. The molecule has 0 aliphatic rings. The van der Waals surface area contributed by atoms with Crippen molar-refractivity contribution in [3.05, 3.63) is 89.2 Å². The van der Waals surface area contributed by atoms with Crippen LogP contribution in [0.15, 0.2) is 66.7 Å². The number of amides is 1. The topological polar surface area (TPSA) is 78.9 Å². The third kappa shape index (κ3) is 4.61. The van der Waals surface area contributed by atoms with Crippen molar-refractivity contribution in [1.82, 2.24) is 9.97 Å². The van der Waals surface area contributed by atoms with Gasteiger partial charge in [0.2, 0.25) is 5.95 Å². The van der Waals surface area contributed by atoms with E-state index >= 15 is 0 Å². The zero-order valence-electron chi connectivity index (χ0n) is 17.2. The van der Waals surface area contributed by atoms with E-state index < -0.39 is 11.7 Å². The summed E-state index contributed by atoms with van der Waals surface area (Å²) in [7, 11) is 1.79. The maximum atomic E-state index is 13.8. The number of fused-ring (bicyclic) bond motifs is 1. The largest absolute Gasteiger partial charge is 0.365 e. The Hall–Kier alpha value is -4.00. The second-order valence-electron chi connectivity index (χ2n) is 7.15. The molecule has 6 nitrogen and oxygen atoms in total. The molecule has 0 saturated carbocycles. The zero-order valence-corrected chi connectivity index (χ0v) is 17.2. The van der Waals surface area contributed by atoms with Gasteiger partial charge in [0.15, 0.2) is 0 Å². The van der Waals surface area contributed by atoms with Crippen molar-refractivity contribution < 1.29 is 9.18 Å². The maximum absolute atomic E-state index is 13.8. The summed E-state index contributed by atoms with van der Waals surface area (Å²) in [6, 6.07) is 19.3. The van der Waals surface area contributed by atoms with Crippen molar-refractivity contribution in [2.45, 2.75) is 13.5 Å². The van der Waals surface area contributed by atoms with E-state index in [1.54, 1.807) is 31.3 Å². The van der Waals surface area contributed by atoms with E-state index in [1.807, 2.05) is 31.2 Å². The Morgan fingerprint density at radius 3 is 2.52 bits per heavy atom. The quantitative estimate of drug-likeness (QED) is 0.414. The van der Waals surface area contributed by atoms with E-state index in [0.29, 0.717) is 18.2 Å². The van der Waals surface area contributed by atoms with Crippen molar-refractivity contribution in [2.24, 2.45) is 0 Å². The van der Waals surface area contributed by atoms with Gasteiger partial charge in [-0.25, -0.2) is 9.37 Å². The van der Waals surface area contributed by atoms with Crippen molar-refractivity contribution >= 4 is 34.3 Å². The van der Waals surface area contributed by atoms with E-state index in [2.05, 4.69) is 32.0 Å². The lowest BCUT2D eigenvalue weighted by atomic mass is 10.1. The molecule has 0 aliphatic carbocycles. The van der Waals surface area contributed by atoms with Gasteiger partial charge in [0.05, 0.1) is 11.1 Å². The predicted molar refractivity (Wildman–Crippen MR) is 122 cm³/mol. The summed E-state index contributed by atoms with van der Waals surface area (Å²) >= 11 is 0. The van der Waals surface area contributed by atoms with Crippen LogP contribution in [-0.4, -0.2) is 22.9 Å². The number of anilines is 3. The molecule has 1 heterocycles. The normalized spacial score (nSPS) is 10.7. The molecule has 0 radical (unpaired) electrons. The zero-order chi connectivity index (χ0) is 21.8. The third-order valence-corrected chi connectivity index (χ3v) is 4.87. The number of hydrogen-bond donors (Lipinski definition) is 3. The minimum Gasteiger partial charge on any atom is -0.365 e. The number of nitrogens with one attached hydrogen (secondary N) is 3. The molecule has 0 spiro atoms. The lowest BCUT2D eigenvalue weighted by Crippen LogP contribution is -2.13. The summed E-state index contributed by atoms with van der Waals surface area (Å²) in [6.45, 7) is 2.58. The van der Waals surface area contributed by atoms with Crippen LogP contribution < -0.4 is 16.0 Å². The van der Waals surface area contributed by atoms with Crippen LogP contribution in [0.1, 0.15) is 21.5 Å². The average molecular weight is 415 g/mol. The van der Waals surface area contributed by atoms with Crippen molar-refractivity contribution in [2.75, 3.05) is 23.0 Å². The summed E-state index contributed by atoms with van der Waals surface area (Å²) in [5.74, 6) is 0.264. The molecule has 4 aromatic rings. The van der Waals surface area contributed by atoms with E-state index in [0.717, 1.165) is 27.8 Å². The number of aryl methyl sites for hydroxylation is 1. The lowest BCUT2D eigenvalue weighted by Gasteiger charge is -2.12. The van der Waals surface area contributed by atoms with Crippen LogP contribution in [0.5, 0.6) is 0 Å². The van der Waals surface area contributed by atoms with Gasteiger partial charge in [-0.1, -0.05) is 35.9 Å². The molecule has 1 amide bonds. The van der Waals surface area contributed by atoms with Gasteiger partial charge in [0.25, 0.3) is 5.91 Å². The smallest absolute Gasteiger partial charge is 0.258 e. The Morgan fingerprint density at radius 1 is 1.00 bits per heavy atom. The number of halogens is 1. The Labute approximate surface area is 179 Å². The molecule has 0 unspecified atom stereocenters. The van der Waals surface area contributed by atoms with Crippen molar-refractivity contribution in [3.8, 4) is 0 Å². The van der Waals surface area contributed by atoms with Crippen LogP contribution >= 0.6 is 0 Å². The average Bonchev–Trinajstić information content (AvgIpc) is 2.78. The summed E-state index contributed by atoms with van der Waals surface area (Å²) in [6.07, 6.45) is 0. The summed E-state index contributed by atoms with van der Waals surface area (Å²) < 4.78 is 13.8. The fraction of sp³-hybridized carbons (Fsp3) is 0.125. The number of aromatic nitrogens is 2. The molecule has 3 aromatic carbocycles. The van der Waals surface area contributed by atoms with E-state index in [-0.39, 0.29) is 5.56 Å². The Bertz CT molecular complexity index is 1240. The Morgan fingerprint density at radius 2 is 1.77 bits per heavy atom. The number of carbonyl (C=O) groups is 1. The van der Waals surface area contributed by atoms with Gasteiger partial charge in [-0.15, -0.1) is 0 Å². The van der Waals surface area contributed by atoms with E-state index in [1.165, 1.54) is 12.1 Å². The van der Waals surface area contributed by atoms with Crippen LogP contribution in [0.3, 0.4) is 0 Å². The Balaban J connectivity index is 1.47. The molecule has 3 N–H and O–H groups in total. The van der Waals surface area contributed by atoms with E-state index in [9.17, 15) is 9.18 Å². The fourth-order valence-corrected chi connectivity index (χ4v) is 3.22. The van der Waals surface area contributed by atoms with Gasteiger partial charge in [-0.2, -0.15) is 4.98 Å². The minimum absolute atomic E-state index is 0.0134.